The van der Waals surface area contributed by atoms with Crippen molar-refractivity contribution in [2.45, 2.75) is 26.4 Å². The molecule has 2 aromatic rings. The standard InChI is InChI=1S/C12H16N4O2/c1-8(2)14-7-10-15-12(18-16-10)9-5-4-6-13-11(9)17-3/h4-6,8,14H,7H2,1-3H3. The number of rotatable bonds is 5. The minimum absolute atomic E-state index is 0.375. The molecule has 0 fully saturated rings. The van der Waals surface area contributed by atoms with Gasteiger partial charge < -0.3 is 14.6 Å². The fraction of sp³-hybridized carbons (Fsp3) is 0.417. The molecular weight excluding hydrogens is 232 g/mol. The second-order valence-corrected chi connectivity index (χ2v) is 4.11. The highest BCUT2D eigenvalue weighted by Gasteiger charge is 2.14. The van der Waals surface area contributed by atoms with Crippen molar-refractivity contribution >= 4 is 0 Å². The summed E-state index contributed by atoms with van der Waals surface area (Å²) in [6.07, 6.45) is 1.65. The van der Waals surface area contributed by atoms with Gasteiger partial charge in [0, 0.05) is 12.2 Å². The van der Waals surface area contributed by atoms with Crippen molar-refractivity contribution in [3.8, 4) is 17.3 Å². The van der Waals surface area contributed by atoms with Crippen molar-refractivity contribution in [1.82, 2.24) is 20.4 Å². The highest BCUT2D eigenvalue weighted by molar-refractivity contribution is 5.59. The Labute approximate surface area is 105 Å². The normalized spacial score (nSPS) is 10.9. The third-order valence-corrected chi connectivity index (χ3v) is 2.33. The molecule has 0 aromatic carbocycles. The lowest BCUT2D eigenvalue weighted by molar-refractivity contribution is 0.389. The first-order chi connectivity index (χ1) is 8.70. The number of hydrogen-bond donors (Lipinski definition) is 1. The molecule has 0 bridgehead atoms. The maximum Gasteiger partial charge on any atom is 0.263 e. The van der Waals surface area contributed by atoms with Gasteiger partial charge in [-0.3, -0.25) is 0 Å². The van der Waals surface area contributed by atoms with Crippen LogP contribution in [-0.4, -0.2) is 28.3 Å². The fourth-order valence-corrected chi connectivity index (χ4v) is 1.45. The van der Waals surface area contributed by atoms with E-state index in [2.05, 4.69) is 34.3 Å². The molecule has 0 atom stereocenters. The van der Waals surface area contributed by atoms with Gasteiger partial charge in [0.2, 0.25) is 5.88 Å². The van der Waals surface area contributed by atoms with Crippen LogP contribution in [0.25, 0.3) is 11.5 Å². The first-order valence-corrected chi connectivity index (χ1v) is 5.76. The molecular formula is C12H16N4O2. The van der Waals surface area contributed by atoms with Gasteiger partial charge >= 0.3 is 0 Å². The van der Waals surface area contributed by atoms with Crippen molar-refractivity contribution in [2.75, 3.05) is 7.11 Å². The second kappa shape index (κ2) is 5.59. The summed E-state index contributed by atoms with van der Waals surface area (Å²) in [5.41, 5.74) is 0.697. The monoisotopic (exact) mass is 248 g/mol. The molecule has 1 N–H and O–H groups in total. The quantitative estimate of drug-likeness (QED) is 0.867. The first-order valence-electron chi connectivity index (χ1n) is 5.76. The molecule has 0 unspecified atom stereocenters. The number of ether oxygens (including phenoxy) is 1. The molecule has 0 aliphatic rings. The molecule has 0 amide bonds. The lowest BCUT2D eigenvalue weighted by atomic mass is 10.3. The van der Waals surface area contributed by atoms with Gasteiger partial charge in [-0.2, -0.15) is 4.98 Å². The number of hydrogen-bond acceptors (Lipinski definition) is 6. The average molecular weight is 248 g/mol. The molecule has 0 saturated carbocycles. The molecule has 0 aliphatic heterocycles. The topological polar surface area (TPSA) is 73.1 Å². The zero-order valence-corrected chi connectivity index (χ0v) is 10.7. The van der Waals surface area contributed by atoms with Gasteiger partial charge in [-0.05, 0) is 12.1 Å². The third-order valence-electron chi connectivity index (χ3n) is 2.33. The van der Waals surface area contributed by atoms with Crippen molar-refractivity contribution in [2.24, 2.45) is 0 Å². The summed E-state index contributed by atoms with van der Waals surface area (Å²) in [5.74, 6) is 1.51. The van der Waals surface area contributed by atoms with E-state index in [1.54, 1.807) is 19.4 Å². The number of methoxy groups -OCH3 is 1. The van der Waals surface area contributed by atoms with E-state index in [0.717, 1.165) is 0 Å². The molecule has 6 heteroatoms. The van der Waals surface area contributed by atoms with Crippen LogP contribution in [0.3, 0.4) is 0 Å². The Balaban J connectivity index is 2.18. The van der Waals surface area contributed by atoms with Crippen molar-refractivity contribution in [3.63, 3.8) is 0 Å². The van der Waals surface area contributed by atoms with Crippen LogP contribution in [0.1, 0.15) is 19.7 Å². The molecule has 96 valence electrons. The lowest BCUT2D eigenvalue weighted by Crippen LogP contribution is -2.22. The summed E-state index contributed by atoms with van der Waals surface area (Å²) in [5, 5.41) is 7.13. The fourth-order valence-electron chi connectivity index (χ4n) is 1.45. The molecule has 0 saturated heterocycles. The van der Waals surface area contributed by atoms with Crippen molar-refractivity contribution < 1.29 is 9.26 Å². The van der Waals surface area contributed by atoms with Crippen LogP contribution in [0.2, 0.25) is 0 Å². The molecule has 18 heavy (non-hydrogen) atoms. The summed E-state index contributed by atoms with van der Waals surface area (Å²) in [4.78, 5) is 8.39. The summed E-state index contributed by atoms with van der Waals surface area (Å²) < 4.78 is 10.4. The minimum atomic E-state index is 0.375. The van der Waals surface area contributed by atoms with Crippen LogP contribution < -0.4 is 10.1 Å². The van der Waals surface area contributed by atoms with Crippen molar-refractivity contribution in [1.29, 1.82) is 0 Å². The predicted octanol–water partition coefficient (Wildman–Crippen LogP) is 1.64. The Morgan fingerprint density at radius 3 is 3.00 bits per heavy atom. The van der Waals surface area contributed by atoms with E-state index >= 15 is 0 Å². The molecule has 0 aliphatic carbocycles. The Kier molecular flexibility index (Phi) is 3.88. The molecule has 0 spiro atoms. The van der Waals surface area contributed by atoms with E-state index in [9.17, 15) is 0 Å². The zero-order valence-electron chi connectivity index (χ0n) is 10.7. The Morgan fingerprint density at radius 2 is 2.28 bits per heavy atom. The first kappa shape index (κ1) is 12.5. The van der Waals surface area contributed by atoms with Gasteiger partial charge in [-0.15, -0.1) is 0 Å². The smallest absolute Gasteiger partial charge is 0.263 e. The van der Waals surface area contributed by atoms with Gasteiger partial charge in [0.1, 0.15) is 5.56 Å². The van der Waals surface area contributed by atoms with Crippen molar-refractivity contribution in [3.05, 3.63) is 24.2 Å². The van der Waals surface area contributed by atoms with E-state index in [0.29, 0.717) is 35.7 Å². The van der Waals surface area contributed by atoms with E-state index in [4.69, 9.17) is 9.26 Å². The molecule has 2 heterocycles. The number of pyridine rings is 1. The summed E-state index contributed by atoms with van der Waals surface area (Å²) in [6, 6.07) is 4.01. The maximum atomic E-state index is 5.20. The minimum Gasteiger partial charge on any atom is -0.480 e. The van der Waals surface area contributed by atoms with E-state index in [-0.39, 0.29) is 0 Å². The van der Waals surface area contributed by atoms with Gasteiger partial charge in [-0.1, -0.05) is 19.0 Å². The SMILES string of the molecule is COc1ncccc1-c1nc(CNC(C)C)no1. The van der Waals surface area contributed by atoms with Gasteiger partial charge in [0.05, 0.1) is 13.7 Å². The van der Waals surface area contributed by atoms with Crippen LogP contribution in [-0.2, 0) is 6.54 Å². The predicted molar refractivity (Wildman–Crippen MR) is 66.1 cm³/mol. The van der Waals surface area contributed by atoms with E-state index in [1.165, 1.54) is 0 Å². The lowest BCUT2D eigenvalue weighted by Gasteiger charge is -2.03. The summed E-state index contributed by atoms with van der Waals surface area (Å²) in [7, 11) is 1.56. The molecule has 2 rings (SSSR count). The van der Waals surface area contributed by atoms with Crippen LogP contribution in [0, 0.1) is 0 Å². The third kappa shape index (κ3) is 2.84. The van der Waals surface area contributed by atoms with Gasteiger partial charge in [-0.25, -0.2) is 4.98 Å². The van der Waals surface area contributed by atoms with E-state index in [1.807, 2.05) is 6.07 Å². The molecule has 0 radical (unpaired) electrons. The van der Waals surface area contributed by atoms with E-state index < -0.39 is 0 Å². The number of nitrogens with one attached hydrogen (secondary N) is 1. The van der Waals surface area contributed by atoms with Crippen LogP contribution in [0.5, 0.6) is 5.88 Å². The zero-order chi connectivity index (χ0) is 13.0. The number of nitrogens with zero attached hydrogens (tertiary/aromatic N) is 3. The molecule has 6 nitrogen and oxygen atoms in total. The average Bonchev–Trinajstić information content (AvgIpc) is 2.85. The number of aromatic nitrogens is 3. The summed E-state index contributed by atoms with van der Waals surface area (Å²) >= 11 is 0. The molecule has 2 aromatic heterocycles. The second-order valence-electron chi connectivity index (χ2n) is 4.11. The summed E-state index contributed by atoms with van der Waals surface area (Å²) in [6.45, 7) is 4.69. The van der Waals surface area contributed by atoms with Crippen LogP contribution >= 0.6 is 0 Å². The van der Waals surface area contributed by atoms with Crippen LogP contribution in [0.4, 0.5) is 0 Å². The van der Waals surface area contributed by atoms with Gasteiger partial charge in [0.25, 0.3) is 5.89 Å². The van der Waals surface area contributed by atoms with Crippen LogP contribution in [0.15, 0.2) is 22.9 Å². The Morgan fingerprint density at radius 1 is 1.44 bits per heavy atom. The maximum absolute atomic E-state index is 5.20. The Hall–Kier alpha value is -1.95. The highest BCUT2D eigenvalue weighted by atomic mass is 16.5. The Bertz CT molecular complexity index is 510. The largest absolute Gasteiger partial charge is 0.480 e. The highest BCUT2D eigenvalue weighted by Crippen LogP contribution is 2.25. The van der Waals surface area contributed by atoms with Gasteiger partial charge in [0.15, 0.2) is 5.82 Å².